The molecule has 0 fully saturated rings. The van der Waals surface area contributed by atoms with Gasteiger partial charge in [-0.15, -0.1) is 0 Å². The van der Waals surface area contributed by atoms with Crippen LogP contribution in [0.15, 0.2) is 29.9 Å². The molecule has 1 aromatic rings. The van der Waals surface area contributed by atoms with E-state index < -0.39 is 10.8 Å². The first-order valence-electron chi connectivity index (χ1n) is 7.56. The Kier molecular flexibility index (Phi) is 3.09. The van der Waals surface area contributed by atoms with Gasteiger partial charge in [-0.05, 0) is 57.0 Å². The predicted molar refractivity (Wildman–Crippen MR) is 87.1 cm³/mol. The maximum absolute atomic E-state index is 12.7. The largest absolute Gasteiger partial charge is 0.504 e. The molecule has 0 amide bonds. The molecule has 0 radical (unpaired) electrons. The highest BCUT2D eigenvalue weighted by atomic mass is 16.5. The highest BCUT2D eigenvalue weighted by Crippen LogP contribution is 2.54. The van der Waals surface area contributed by atoms with Gasteiger partial charge in [0.2, 0.25) is 0 Å². The third-order valence-corrected chi connectivity index (χ3v) is 5.13. The molecule has 1 unspecified atom stereocenters. The smallest absolute Gasteiger partial charge is 0.186 e. The van der Waals surface area contributed by atoms with Crippen molar-refractivity contribution in [1.82, 2.24) is 0 Å². The molecule has 2 aliphatic rings. The maximum atomic E-state index is 12.7. The molecule has 0 spiro atoms. The van der Waals surface area contributed by atoms with Crippen LogP contribution in [0.1, 0.15) is 42.3 Å². The number of carbonyl (C=O) groups excluding carboxylic acids is 2. The van der Waals surface area contributed by atoms with Crippen molar-refractivity contribution in [3.05, 3.63) is 46.6 Å². The summed E-state index contributed by atoms with van der Waals surface area (Å²) in [6.07, 6.45) is 4.93. The average molecular weight is 312 g/mol. The van der Waals surface area contributed by atoms with E-state index in [0.717, 1.165) is 5.57 Å². The number of hydrogen-bond donors (Lipinski definition) is 1. The van der Waals surface area contributed by atoms with Crippen LogP contribution < -0.4 is 4.74 Å². The maximum Gasteiger partial charge on any atom is 0.186 e. The van der Waals surface area contributed by atoms with E-state index in [1.165, 1.54) is 7.11 Å². The van der Waals surface area contributed by atoms with Crippen molar-refractivity contribution in [2.75, 3.05) is 7.11 Å². The Morgan fingerprint density at radius 1 is 1.17 bits per heavy atom. The van der Waals surface area contributed by atoms with Crippen LogP contribution in [0, 0.1) is 12.3 Å². The molecule has 23 heavy (non-hydrogen) atoms. The summed E-state index contributed by atoms with van der Waals surface area (Å²) in [5.74, 6) is 0.138. The first-order valence-corrected chi connectivity index (χ1v) is 7.56. The number of allylic oxidation sites excluding steroid dienone is 4. The molecular formula is C19H20O4. The fourth-order valence-corrected chi connectivity index (χ4v) is 3.77. The van der Waals surface area contributed by atoms with E-state index in [9.17, 15) is 14.7 Å². The minimum absolute atomic E-state index is 0.0321. The molecule has 0 bridgehead atoms. The molecule has 4 heteroatoms. The Labute approximate surface area is 135 Å². The van der Waals surface area contributed by atoms with Crippen LogP contribution in [0.4, 0.5) is 0 Å². The van der Waals surface area contributed by atoms with Gasteiger partial charge in [-0.25, -0.2) is 0 Å². The molecule has 0 saturated carbocycles. The van der Waals surface area contributed by atoms with E-state index in [2.05, 4.69) is 0 Å². The minimum atomic E-state index is -0.775. The Morgan fingerprint density at radius 3 is 2.43 bits per heavy atom. The lowest BCUT2D eigenvalue weighted by atomic mass is 9.57. The van der Waals surface area contributed by atoms with Crippen LogP contribution in [0.5, 0.6) is 11.5 Å². The standard InChI is InChI=1S/C19H20O4/c1-10-8-11-12(20)9-13-18(2,3)14(21)6-7-19(13,4)15(11)17(23-5)16(10)22/h6-9,22H,1-5H3. The Morgan fingerprint density at radius 2 is 1.83 bits per heavy atom. The van der Waals surface area contributed by atoms with Crippen molar-refractivity contribution in [2.24, 2.45) is 5.41 Å². The Balaban J connectivity index is 2.44. The summed E-state index contributed by atoms with van der Waals surface area (Å²) in [6, 6.07) is 1.69. The number of phenols is 1. The number of methoxy groups -OCH3 is 1. The SMILES string of the molecule is COc1c(O)c(C)cc2c1C1(C)C=CC(=O)C(C)(C)C1=CC2=O. The number of fused-ring (bicyclic) bond motifs is 3. The van der Waals surface area contributed by atoms with Gasteiger partial charge in [0.1, 0.15) is 0 Å². The number of ketones is 2. The molecule has 4 nitrogen and oxygen atoms in total. The Hall–Kier alpha value is -2.36. The fraction of sp³-hybridized carbons (Fsp3) is 0.368. The Bertz CT molecular complexity index is 811. The van der Waals surface area contributed by atoms with Gasteiger partial charge in [-0.3, -0.25) is 9.59 Å². The number of hydrogen-bond acceptors (Lipinski definition) is 4. The lowest BCUT2D eigenvalue weighted by Crippen LogP contribution is -2.43. The van der Waals surface area contributed by atoms with Crippen molar-refractivity contribution in [2.45, 2.75) is 33.1 Å². The molecule has 2 aliphatic carbocycles. The fourth-order valence-electron chi connectivity index (χ4n) is 3.77. The zero-order valence-electron chi connectivity index (χ0n) is 14.0. The highest BCUT2D eigenvalue weighted by Gasteiger charge is 2.50. The normalized spacial score (nSPS) is 24.8. The quantitative estimate of drug-likeness (QED) is 0.864. The van der Waals surface area contributed by atoms with Gasteiger partial charge in [0.15, 0.2) is 23.1 Å². The number of aromatic hydroxyl groups is 1. The third kappa shape index (κ3) is 1.84. The summed E-state index contributed by atoms with van der Waals surface area (Å²) in [7, 11) is 1.48. The number of phenolic OH excluding ortho intramolecular Hbond substituents is 1. The number of rotatable bonds is 1. The second kappa shape index (κ2) is 4.57. The summed E-state index contributed by atoms with van der Waals surface area (Å²) in [4.78, 5) is 24.9. The zero-order chi connectivity index (χ0) is 17.2. The molecule has 0 aromatic heterocycles. The number of benzene rings is 1. The second-order valence-electron chi connectivity index (χ2n) is 6.95. The zero-order valence-corrected chi connectivity index (χ0v) is 14.0. The van der Waals surface area contributed by atoms with Crippen molar-refractivity contribution in [3.8, 4) is 11.5 Å². The van der Waals surface area contributed by atoms with Gasteiger partial charge in [-0.1, -0.05) is 6.08 Å². The average Bonchev–Trinajstić information content (AvgIpc) is 2.49. The topological polar surface area (TPSA) is 63.6 Å². The highest BCUT2D eigenvalue weighted by molar-refractivity contribution is 6.12. The van der Waals surface area contributed by atoms with E-state index in [1.807, 2.05) is 20.8 Å². The van der Waals surface area contributed by atoms with Gasteiger partial charge >= 0.3 is 0 Å². The van der Waals surface area contributed by atoms with Crippen LogP contribution >= 0.6 is 0 Å². The third-order valence-electron chi connectivity index (χ3n) is 5.13. The van der Waals surface area contributed by atoms with Crippen molar-refractivity contribution in [3.63, 3.8) is 0 Å². The van der Waals surface area contributed by atoms with E-state index in [-0.39, 0.29) is 17.3 Å². The van der Waals surface area contributed by atoms with Crippen molar-refractivity contribution in [1.29, 1.82) is 0 Å². The van der Waals surface area contributed by atoms with E-state index in [4.69, 9.17) is 4.74 Å². The van der Waals surface area contributed by atoms with Crippen LogP contribution in [0.25, 0.3) is 0 Å². The lowest BCUT2D eigenvalue weighted by Gasteiger charge is -2.44. The van der Waals surface area contributed by atoms with Gasteiger partial charge in [0, 0.05) is 22.0 Å². The summed E-state index contributed by atoms with van der Waals surface area (Å²) in [5.41, 5.74) is 1.02. The first-order chi connectivity index (χ1) is 10.6. The van der Waals surface area contributed by atoms with Crippen molar-refractivity contribution >= 4 is 11.6 Å². The molecule has 0 aliphatic heterocycles. The minimum Gasteiger partial charge on any atom is -0.504 e. The summed E-state index contributed by atoms with van der Waals surface area (Å²) in [6.45, 7) is 7.33. The van der Waals surface area contributed by atoms with Gasteiger partial charge in [0.25, 0.3) is 0 Å². The molecule has 1 atom stereocenters. The van der Waals surface area contributed by atoms with Gasteiger partial charge in [0.05, 0.1) is 7.11 Å². The summed E-state index contributed by atoms with van der Waals surface area (Å²) < 4.78 is 5.43. The van der Waals surface area contributed by atoms with Crippen LogP contribution in [0.2, 0.25) is 0 Å². The van der Waals surface area contributed by atoms with Gasteiger partial charge in [-0.2, -0.15) is 0 Å². The molecule has 1 aromatic carbocycles. The molecular weight excluding hydrogens is 292 g/mol. The van der Waals surface area contributed by atoms with Crippen molar-refractivity contribution < 1.29 is 19.4 Å². The van der Waals surface area contributed by atoms with E-state index in [0.29, 0.717) is 22.4 Å². The van der Waals surface area contributed by atoms with E-state index >= 15 is 0 Å². The van der Waals surface area contributed by atoms with Crippen LogP contribution in [0.3, 0.4) is 0 Å². The van der Waals surface area contributed by atoms with Gasteiger partial charge < -0.3 is 9.84 Å². The monoisotopic (exact) mass is 312 g/mol. The van der Waals surface area contributed by atoms with Crippen LogP contribution in [-0.4, -0.2) is 23.8 Å². The lowest BCUT2D eigenvalue weighted by molar-refractivity contribution is -0.121. The summed E-state index contributed by atoms with van der Waals surface area (Å²) in [5, 5.41) is 10.4. The molecule has 1 N–H and O–H groups in total. The second-order valence-corrected chi connectivity index (χ2v) is 6.95. The van der Waals surface area contributed by atoms with E-state index in [1.54, 1.807) is 31.2 Å². The molecule has 3 rings (SSSR count). The van der Waals surface area contributed by atoms with Crippen LogP contribution in [-0.2, 0) is 10.2 Å². The molecule has 0 saturated heterocycles. The number of ether oxygens (including phenoxy) is 1. The molecule has 120 valence electrons. The summed E-state index contributed by atoms with van der Waals surface area (Å²) >= 11 is 0. The molecule has 0 heterocycles. The predicted octanol–water partition coefficient (Wildman–Crippen LogP) is 3.25. The number of aryl methyl sites for hydroxylation is 1. The number of carbonyl (C=O) groups is 2. The first kappa shape index (κ1) is 15.5.